The molecule has 0 fully saturated rings. The van der Waals surface area contributed by atoms with Gasteiger partial charge in [0.25, 0.3) is 5.56 Å². The van der Waals surface area contributed by atoms with Crippen molar-refractivity contribution in [1.82, 2.24) is 4.98 Å². The maximum absolute atomic E-state index is 14.0. The molecule has 0 saturated heterocycles. The zero-order valence-electron chi connectivity index (χ0n) is 10.2. The number of nitriles is 2. The summed E-state index contributed by atoms with van der Waals surface area (Å²) in [6.45, 7) is 0. The predicted octanol–water partition coefficient (Wildman–Crippen LogP) is 1.35. The summed E-state index contributed by atoms with van der Waals surface area (Å²) in [4.78, 5) is 13.7. The molecular weight excluding hydrogens is 282 g/mol. The summed E-state index contributed by atoms with van der Waals surface area (Å²) in [6, 6.07) is 4.56. The van der Waals surface area contributed by atoms with Crippen LogP contribution in [0.15, 0.2) is 16.9 Å². The van der Waals surface area contributed by atoms with Crippen LogP contribution in [0, 0.1) is 34.3 Å². The summed E-state index contributed by atoms with van der Waals surface area (Å²) in [5.74, 6) is -3.87. The Bertz CT molecular complexity index is 891. The lowest BCUT2D eigenvalue weighted by molar-refractivity contribution is 0.429. The van der Waals surface area contributed by atoms with Gasteiger partial charge in [-0.15, -0.1) is 0 Å². The van der Waals surface area contributed by atoms with Crippen LogP contribution in [0.3, 0.4) is 0 Å². The molecule has 0 radical (unpaired) electrons. The van der Waals surface area contributed by atoms with Gasteiger partial charge in [-0.25, -0.2) is 8.78 Å². The van der Waals surface area contributed by atoms with Gasteiger partial charge < -0.3 is 15.8 Å². The highest BCUT2D eigenvalue weighted by molar-refractivity contribution is 5.81. The molecule has 8 heteroatoms. The van der Waals surface area contributed by atoms with E-state index in [1.165, 1.54) is 6.07 Å². The molecule has 0 aliphatic rings. The summed E-state index contributed by atoms with van der Waals surface area (Å²) in [6.07, 6.45) is 0. The molecule has 2 aromatic rings. The first-order valence-corrected chi connectivity index (χ1v) is 5.45. The van der Waals surface area contributed by atoms with E-state index in [1.54, 1.807) is 6.07 Å². The second-order valence-electron chi connectivity index (χ2n) is 3.97. The summed E-state index contributed by atoms with van der Waals surface area (Å²) in [5.41, 5.74) is 1.85. The van der Waals surface area contributed by atoms with Gasteiger partial charge in [0.2, 0.25) is 0 Å². The van der Waals surface area contributed by atoms with E-state index >= 15 is 0 Å². The van der Waals surface area contributed by atoms with Crippen LogP contribution >= 0.6 is 0 Å². The zero-order chi connectivity index (χ0) is 15.7. The molecule has 0 aliphatic carbocycles. The highest BCUT2D eigenvalue weighted by Gasteiger charge is 2.25. The highest BCUT2D eigenvalue weighted by atomic mass is 19.1. The molecule has 0 atom stereocenters. The number of halogens is 2. The molecule has 2 rings (SSSR count). The molecule has 104 valence electrons. The van der Waals surface area contributed by atoms with E-state index in [0.29, 0.717) is 0 Å². The van der Waals surface area contributed by atoms with Crippen molar-refractivity contribution in [3.8, 4) is 29.0 Å². The number of rotatable bonds is 1. The monoisotopic (exact) mass is 288 g/mol. The van der Waals surface area contributed by atoms with Crippen molar-refractivity contribution in [2.45, 2.75) is 0 Å². The number of nitrogens with one attached hydrogen (secondary N) is 1. The fourth-order valence-corrected chi connectivity index (χ4v) is 1.86. The van der Waals surface area contributed by atoms with Crippen LogP contribution in [-0.2, 0) is 0 Å². The maximum atomic E-state index is 14.0. The van der Waals surface area contributed by atoms with Gasteiger partial charge in [0, 0.05) is 5.56 Å². The molecule has 1 heterocycles. The van der Waals surface area contributed by atoms with Crippen molar-refractivity contribution in [1.29, 1.82) is 10.5 Å². The Labute approximate surface area is 116 Å². The molecule has 1 aromatic heterocycles. The number of phenolic OH excluding ortho intramolecular Hbond substituents is 1. The number of benzene rings is 1. The predicted molar refractivity (Wildman–Crippen MR) is 67.9 cm³/mol. The van der Waals surface area contributed by atoms with Gasteiger partial charge in [-0.2, -0.15) is 10.5 Å². The molecular formula is C13H6F2N4O2. The van der Waals surface area contributed by atoms with E-state index in [0.717, 1.165) is 12.1 Å². The van der Waals surface area contributed by atoms with E-state index in [1.807, 2.05) is 4.98 Å². The van der Waals surface area contributed by atoms with Crippen molar-refractivity contribution in [2.75, 3.05) is 5.73 Å². The lowest BCUT2D eigenvalue weighted by Crippen LogP contribution is -2.17. The van der Waals surface area contributed by atoms with Crippen LogP contribution in [0.5, 0.6) is 5.75 Å². The van der Waals surface area contributed by atoms with Crippen molar-refractivity contribution in [3.05, 3.63) is 45.2 Å². The average Bonchev–Trinajstić information content (AvgIpc) is 2.43. The minimum atomic E-state index is -1.40. The van der Waals surface area contributed by atoms with Crippen LogP contribution in [-0.4, -0.2) is 10.1 Å². The van der Waals surface area contributed by atoms with Gasteiger partial charge in [0.1, 0.15) is 34.9 Å². The minimum Gasteiger partial charge on any atom is -0.505 e. The van der Waals surface area contributed by atoms with Crippen LogP contribution in [0.4, 0.5) is 14.6 Å². The second kappa shape index (κ2) is 4.94. The second-order valence-corrected chi connectivity index (χ2v) is 3.97. The number of aromatic amines is 1. The van der Waals surface area contributed by atoms with Gasteiger partial charge in [0.05, 0.1) is 5.56 Å². The van der Waals surface area contributed by atoms with Crippen LogP contribution < -0.4 is 11.3 Å². The quantitative estimate of drug-likeness (QED) is 0.730. The number of nitrogens with two attached hydrogens (primary N) is 1. The lowest BCUT2D eigenvalue weighted by atomic mass is 9.95. The number of aromatic nitrogens is 1. The highest BCUT2D eigenvalue weighted by Crippen LogP contribution is 2.35. The Kier molecular flexibility index (Phi) is 3.30. The van der Waals surface area contributed by atoms with Crippen LogP contribution in [0.25, 0.3) is 11.1 Å². The Balaban J connectivity index is 3.09. The fourth-order valence-electron chi connectivity index (χ4n) is 1.86. The standard InChI is InChI=1S/C13H6F2N4O2/c14-7-1-2-8(20)11(15)10(7)9-5(3-16)12(18)19-13(21)6(9)4-17/h1-2,20H,(H3,18,19,21). The van der Waals surface area contributed by atoms with Crippen molar-refractivity contribution in [3.63, 3.8) is 0 Å². The first kappa shape index (κ1) is 14.0. The summed E-state index contributed by atoms with van der Waals surface area (Å²) < 4.78 is 27.9. The normalized spacial score (nSPS) is 9.90. The van der Waals surface area contributed by atoms with Gasteiger partial charge in [-0.1, -0.05) is 0 Å². The molecule has 4 N–H and O–H groups in total. The molecule has 0 bridgehead atoms. The summed E-state index contributed by atoms with van der Waals surface area (Å²) in [5, 5.41) is 27.4. The number of hydrogen-bond acceptors (Lipinski definition) is 5. The van der Waals surface area contributed by atoms with E-state index in [-0.39, 0.29) is 0 Å². The Morgan fingerprint density at radius 2 is 1.76 bits per heavy atom. The zero-order valence-corrected chi connectivity index (χ0v) is 10.2. The molecule has 6 nitrogen and oxygen atoms in total. The SMILES string of the molecule is N#Cc1c(N)[nH]c(=O)c(C#N)c1-c1c(F)ccc(O)c1F. The minimum absolute atomic E-state index is 0.432. The van der Waals surface area contributed by atoms with Gasteiger partial charge >= 0.3 is 0 Å². The van der Waals surface area contributed by atoms with Crippen LogP contribution in [0.1, 0.15) is 11.1 Å². The Morgan fingerprint density at radius 3 is 2.33 bits per heavy atom. The smallest absolute Gasteiger partial charge is 0.268 e. The third-order valence-corrected chi connectivity index (χ3v) is 2.79. The number of anilines is 1. The number of nitrogen functional groups attached to an aromatic ring is 1. The van der Waals surface area contributed by atoms with E-state index in [2.05, 4.69) is 0 Å². The number of nitrogens with zero attached hydrogens (tertiary/aromatic N) is 2. The lowest BCUT2D eigenvalue weighted by Gasteiger charge is -2.11. The summed E-state index contributed by atoms with van der Waals surface area (Å²) >= 11 is 0. The number of H-pyrrole nitrogens is 1. The van der Waals surface area contributed by atoms with E-state index in [4.69, 9.17) is 16.3 Å². The van der Waals surface area contributed by atoms with Crippen molar-refractivity contribution < 1.29 is 13.9 Å². The fraction of sp³-hybridized carbons (Fsp3) is 0. The van der Waals surface area contributed by atoms with Gasteiger partial charge in [-0.3, -0.25) is 4.79 Å². The number of aromatic hydroxyl groups is 1. The molecule has 0 amide bonds. The molecule has 0 unspecified atom stereocenters. The van der Waals surface area contributed by atoms with Gasteiger partial charge in [-0.05, 0) is 12.1 Å². The largest absolute Gasteiger partial charge is 0.505 e. The molecule has 0 aliphatic heterocycles. The van der Waals surface area contributed by atoms with Crippen molar-refractivity contribution in [2.24, 2.45) is 0 Å². The number of hydrogen-bond donors (Lipinski definition) is 3. The molecule has 21 heavy (non-hydrogen) atoms. The first-order valence-electron chi connectivity index (χ1n) is 5.45. The van der Waals surface area contributed by atoms with E-state index < -0.39 is 51.0 Å². The third-order valence-electron chi connectivity index (χ3n) is 2.79. The first-order chi connectivity index (χ1) is 9.92. The molecule has 0 saturated carbocycles. The van der Waals surface area contributed by atoms with Crippen molar-refractivity contribution >= 4 is 5.82 Å². The Morgan fingerprint density at radius 1 is 1.14 bits per heavy atom. The van der Waals surface area contributed by atoms with Gasteiger partial charge in [0.15, 0.2) is 11.6 Å². The molecule has 0 spiro atoms. The Hall–Kier alpha value is -3.39. The van der Waals surface area contributed by atoms with E-state index in [9.17, 15) is 18.7 Å². The maximum Gasteiger partial charge on any atom is 0.268 e. The molecule has 1 aromatic carbocycles. The number of phenols is 1. The summed E-state index contributed by atoms with van der Waals surface area (Å²) in [7, 11) is 0. The number of pyridine rings is 1. The topological polar surface area (TPSA) is 127 Å². The average molecular weight is 288 g/mol. The third kappa shape index (κ3) is 2.05. The van der Waals surface area contributed by atoms with Crippen LogP contribution in [0.2, 0.25) is 0 Å².